The average Bonchev–Trinajstić information content (AvgIpc) is 3.06. The van der Waals surface area contributed by atoms with Crippen molar-refractivity contribution in [1.82, 2.24) is 14.5 Å². The lowest BCUT2D eigenvalue weighted by Gasteiger charge is -2.05. The van der Waals surface area contributed by atoms with Crippen molar-refractivity contribution in [3.05, 3.63) is 89.8 Å². The summed E-state index contributed by atoms with van der Waals surface area (Å²) < 4.78 is 14.7. The molecule has 0 aliphatic rings. The van der Waals surface area contributed by atoms with Gasteiger partial charge < -0.3 is 9.88 Å². The van der Waals surface area contributed by atoms with Crippen molar-refractivity contribution in [3.8, 4) is 11.8 Å². The maximum Gasteiger partial charge on any atom is 0.272 e. The van der Waals surface area contributed by atoms with Crippen LogP contribution in [0.4, 0.5) is 10.1 Å². The fourth-order valence-corrected chi connectivity index (χ4v) is 2.83. The van der Waals surface area contributed by atoms with Crippen LogP contribution in [-0.2, 0) is 7.05 Å². The predicted molar refractivity (Wildman–Crippen MR) is 105 cm³/mol. The molecule has 0 saturated carbocycles. The van der Waals surface area contributed by atoms with Crippen LogP contribution in [0.25, 0.3) is 11.0 Å². The first-order valence-corrected chi connectivity index (χ1v) is 8.56. The number of aryl methyl sites for hydroxylation is 1. The van der Waals surface area contributed by atoms with Crippen LogP contribution in [0.2, 0.25) is 0 Å². The van der Waals surface area contributed by atoms with Crippen LogP contribution in [-0.4, -0.2) is 20.4 Å². The van der Waals surface area contributed by atoms with Gasteiger partial charge in [0.2, 0.25) is 0 Å². The van der Waals surface area contributed by atoms with Gasteiger partial charge in [-0.05, 0) is 48.4 Å². The summed E-state index contributed by atoms with van der Waals surface area (Å²) in [6.45, 7) is 0. The fourth-order valence-electron chi connectivity index (χ4n) is 2.83. The number of benzene rings is 2. The van der Waals surface area contributed by atoms with E-state index >= 15 is 0 Å². The van der Waals surface area contributed by atoms with E-state index in [1.54, 1.807) is 29.8 Å². The standard InChI is InChI=1S/C22H15FN4O/c1-27-20(22(28)26-17-5-3-2-4-6-17)13-18-19(24-14-25-21(18)27)12-9-15-7-10-16(23)11-8-15/h2-8,10-11,13-14H,1H3,(H,26,28). The molecule has 2 heterocycles. The second-order valence-corrected chi connectivity index (χ2v) is 6.13. The molecule has 0 radical (unpaired) electrons. The molecule has 1 N–H and O–H groups in total. The number of nitrogens with one attached hydrogen (secondary N) is 1. The number of hydrogen-bond acceptors (Lipinski definition) is 3. The highest BCUT2D eigenvalue weighted by molar-refractivity contribution is 6.06. The van der Waals surface area contributed by atoms with Crippen LogP contribution < -0.4 is 5.32 Å². The third-order valence-corrected chi connectivity index (χ3v) is 4.26. The molecule has 6 heteroatoms. The summed E-state index contributed by atoms with van der Waals surface area (Å²) in [5.74, 6) is 5.39. The summed E-state index contributed by atoms with van der Waals surface area (Å²) in [7, 11) is 1.77. The van der Waals surface area contributed by atoms with E-state index in [2.05, 4.69) is 27.1 Å². The van der Waals surface area contributed by atoms with Crippen molar-refractivity contribution in [2.75, 3.05) is 5.32 Å². The van der Waals surface area contributed by atoms with Gasteiger partial charge in [-0.2, -0.15) is 0 Å². The Labute approximate surface area is 160 Å². The molecule has 0 unspecified atom stereocenters. The number of rotatable bonds is 2. The summed E-state index contributed by atoms with van der Waals surface area (Å²) in [6.07, 6.45) is 1.41. The van der Waals surface area contributed by atoms with Gasteiger partial charge in [-0.3, -0.25) is 4.79 Å². The fraction of sp³-hybridized carbons (Fsp3) is 0.0455. The van der Waals surface area contributed by atoms with E-state index in [0.717, 1.165) is 0 Å². The van der Waals surface area contributed by atoms with Crippen molar-refractivity contribution in [2.45, 2.75) is 0 Å². The van der Waals surface area contributed by atoms with E-state index < -0.39 is 0 Å². The molecule has 2 aromatic carbocycles. The minimum Gasteiger partial charge on any atom is -0.324 e. The Morgan fingerprint density at radius 3 is 2.54 bits per heavy atom. The van der Waals surface area contributed by atoms with E-state index in [4.69, 9.17) is 0 Å². The van der Waals surface area contributed by atoms with Crippen molar-refractivity contribution in [3.63, 3.8) is 0 Å². The second kappa shape index (κ2) is 7.33. The number of hydrogen-bond donors (Lipinski definition) is 1. The monoisotopic (exact) mass is 370 g/mol. The number of carbonyl (C=O) groups is 1. The average molecular weight is 370 g/mol. The SMILES string of the molecule is Cn1c(C(=O)Nc2ccccc2)cc2c(C#Cc3ccc(F)cc3)ncnc21. The molecular formula is C22H15FN4O. The number of aromatic nitrogens is 3. The number of anilines is 1. The van der Waals surface area contributed by atoms with Gasteiger partial charge in [-0.15, -0.1) is 0 Å². The third kappa shape index (κ3) is 3.46. The molecular weight excluding hydrogens is 355 g/mol. The highest BCUT2D eigenvalue weighted by Gasteiger charge is 2.16. The number of nitrogens with zero attached hydrogens (tertiary/aromatic N) is 3. The Bertz CT molecular complexity index is 1220. The van der Waals surface area contributed by atoms with Gasteiger partial charge in [0.1, 0.15) is 29.2 Å². The highest BCUT2D eigenvalue weighted by atomic mass is 19.1. The Morgan fingerprint density at radius 1 is 1.04 bits per heavy atom. The topological polar surface area (TPSA) is 59.8 Å². The molecule has 0 aliphatic heterocycles. The normalized spacial score (nSPS) is 10.4. The smallest absolute Gasteiger partial charge is 0.272 e. The Kier molecular flexibility index (Phi) is 4.56. The number of carbonyl (C=O) groups excluding carboxylic acids is 1. The first kappa shape index (κ1) is 17.4. The molecule has 28 heavy (non-hydrogen) atoms. The molecule has 4 rings (SSSR count). The predicted octanol–water partition coefficient (Wildman–Crippen LogP) is 3.76. The lowest BCUT2D eigenvalue weighted by molar-refractivity contribution is 0.101. The van der Waals surface area contributed by atoms with Crippen molar-refractivity contribution >= 4 is 22.6 Å². The Balaban J connectivity index is 1.70. The zero-order valence-electron chi connectivity index (χ0n) is 15.0. The molecule has 136 valence electrons. The van der Waals surface area contributed by atoms with Crippen molar-refractivity contribution in [1.29, 1.82) is 0 Å². The maximum atomic E-state index is 13.0. The van der Waals surface area contributed by atoms with Crippen LogP contribution in [0, 0.1) is 17.7 Å². The van der Waals surface area contributed by atoms with E-state index in [-0.39, 0.29) is 11.7 Å². The highest BCUT2D eigenvalue weighted by Crippen LogP contribution is 2.20. The van der Waals surface area contributed by atoms with Gasteiger partial charge in [0, 0.05) is 18.3 Å². The quantitative estimate of drug-likeness (QED) is 0.547. The van der Waals surface area contributed by atoms with Gasteiger partial charge in [-0.1, -0.05) is 24.1 Å². The minimum atomic E-state index is -0.313. The second-order valence-electron chi connectivity index (χ2n) is 6.13. The van der Waals surface area contributed by atoms with Crippen LogP contribution in [0.15, 0.2) is 67.0 Å². The molecule has 0 spiro atoms. The molecule has 0 aliphatic carbocycles. The van der Waals surface area contributed by atoms with Crippen LogP contribution in [0.1, 0.15) is 21.7 Å². The van der Waals surface area contributed by atoms with Gasteiger partial charge >= 0.3 is 0 Å². The number of halogens is 1. The molecule has 0 saturated heterocycles. The molecule has 4 aromatic rings. The summed E-state index contributed by atoms with van der Waals surface area (Å²) in [4.78, 5) is 21.2. The van der Waals surface area contributed by atoms with E-state index in [0.29, 0.717) is 33.7 Å². The number of para-hydroxylation sites is 1. The molecule has 0 fully saturated rings. The summed E-state index contributed by atoms with van der Waals surface area (Å²) in [6, 6.07) is 16.9. The van der Waals surface area contributed by atoms with Crippen LogP contribution in [0.5, 0.6) is 0 Å². The molecule has 2 aromatic heterocycles. The minimum absolute atomic E-state index is 0.246. The van der Waals surface area contributed by atoms with Gasteiger partial charge in [0.25, 0.3) is 5.91 Å². The van der Waals surface area contributed by atoms with Gasteiger partial charge in [-0.25, -0.2) is 14.4 Å². The summed E-state index contributed by atoms with van der Waals surface area (Å²) in [5.41, 5.74) is 2.94. The van der Waals surface area contributed by atoms with E-state index in [1.165, 1.54) is 18.5 Å². The lowest BCUT2D eigenvalue weighted by Crippen LogP contribution is -2.15. The van der Waals surface area contributed by atoms with Crippen LogP contribution in [0.3, 0.4) is 0 Å². The Morgan fingerprint density at radius 2 is 1.79 bits per heavy atom. The Hall–Kier alpha value is -3.98. The number of fused-ring (bicyclic) bond motifs is 1. The maximum absolute atomic E-state index is 13.0. The first-order valence-electron chi connectivity index (χ1n) is 8.56. The third-order valence-electron chi connectivity index (χ3n) is 4.26. The molecule has 5 nitrogen and oxygen atoms in total. The van der Waals surface area contributed by atoms with Crippen molar-refractivity contribution in [2.24, 2.45) is 7.05 Å². The largest absolute Gasteiger partial charge is 0.324 e. The van der Waals surface area contributed by atoms with E-state index in [9.17, 15) is 9.18 Å². The number of amides is 1. The first-order chi connectivity index (χ1) is 13.6. The van der Waals surface area contributed by atoms with Crippen LogP contribution >= 0.6 is 0 Å². The summed E-state index contributed by atoms with van der Waals surface area (Å²) >= 11 is 0. The van der Waals surface area contributed by atoms with Crippen molar-refractivity contribution < 1.29 is 9.18 Å². The lowest BCUT2D eigenvalue weighted by atomic mass is 10.2. The zero-order chi connectivity index (χ0) is 19.5. The zero-order valence-corrected chi connectivity index (χ0v) is 15.0. The summed E-state index contributed by atoms with van der Waals surface area (Å²) in [5, 5.41) is 3.54. The molecule has 0 bridgehead atoms. The van der Waals surface area contributed by atoms with E-state index in [1.807, 2.05) is 30.3 Å². The van der Waals surface area contributed by atoms with Gasteiger partial charge in [0.15, 0.2) is 0 Å². The molecule has 1 amide bonds. The van der Waals surface area contributed by atoms with Gasteiger partial charge in [0.05, 0.1) is 5.39 Å². The molecule has 0 atom stereocenters.